The lowest BCUT2D eigenvalue weighted by atomic mass is 10.2. The van der Waals surface area contributed by atoms with E-state index < -0.39 is 0 Å². The van der Waals surface area contributed by atoms with E-state index >= 15 is 0 Å². The van der Waals surface area contributed by atoms with E-state index in [2.05, 4.69) is 71.5 Å². The molecule has 1 atom stereocenters. The number of hydrogen-bond acceptors (Lipinski definition) is 3. The summed E-state index contributed by atoms with van der Waals surface area (Å²) in [5.41, 5.74) is 1.33. The van der Waals surface area contributed by atoms with E-state index in [0.29, 0.717) is 6.04 Å². The van der Waals surface area contributed by atoms with Gasteiger partial charge in [0.1, 0.15) is 0 Å². The van der Waals surface area contributed by atoms with E-state index in [1.807, 2.05) is 0 Å². The fourth-order valence-corrected chi connectivity index (χ4v) is 2.91. The molecule has 1 aliphatic heterocycles. The van der Waals surface area contributed by atoms with E-state index in [1.54, 1.807) is 0 Å². The molecule has 2 rings (SSSR count). The number of benzene rings is 1. The van der Waals surface area contributed by atoms with Crippen LogP contribution in [0.25, 0.3) is 0 Å². The van der Waals surface area contributed by atoms with Gasteiger partial charge in [-0.15, -0.1) is 24.0 Å². The zero-order valence-electron chi connectivity index (χ0n) is 15.2. The van der Waals surface area contributed by atoms with Gasteiger partial charge in [-0.05, 0) is 32.9 Å². The van der Waals surface area contributed by atoms with Gasteiger partial charge in [-0.2, -0.15) is 0 Å². The number of nitrogens with zero attached hydrogens (tertiary/aromatic N) is 3. The van der Waals surface area contributed by atoms with Gasteiger partial charge in [-0.3, -0.25) is 9.89 Å². The Morgan fingerprint density at radius 3 is 2.17 bits per heavy atom. The number of hydrogen-bond donors (Lipinski definition) is 2. The smallest absolute Gasteiger partial charge is 0.191 e. The van der Waals surface area contributed by atoms with Gasteiger partial charge in [0.15, 0.2) is 5.96 Å². The molecule has 136 valence electrons. The Morgan fingerprint density at radius 2 is 1.62 bits per heavy atom. The maximum absolute atomic E-state index is 4.69. The number of halogens is 1. The molecule has 0 aromatic heterocycles. The lowest BCUT2D eigenvalue weighted by Crippen LogP contribution is -2.50. The molecule has 0 aliphatic carbocycles. The molecule has 0 amide bonds. The first-order chi connectivity index (χ1) is 11.2. The van der Waals surface area contributed by atoms with E-state index in [1.165, 1.54) is 5.69 Å². The van der Waals surface area contributed by atoms with Crippen molar-refractivity contribution in [2.45, 2.75) is 26.8 Å². The van der Waals surface area contributed by atoms with E-state index in [9.17, 15) is 0 Å². The number of piperazine rings is 1. The van der Waals surface area contributed by atoms with Gasteiger partial charge >= 0.3 is 0 Å². The monoisotopic (exact) mass is 445 g/mol. The van der Waals surface area contributed by atoms with Crippen molar-refractivity contribution in [2.24, 2.45) is 4.99 Å². The second kappa shape index (κ2) is 11.5. The van der Waals surface area contributed by atoms with Gasteiger partial charge in [-0.25, -0.2) is 0 Å². The van der Waals surface area contributed by atoms with Crippen molar-refractivity contribution >= 4 is 35.6 Å². The molecule has 0 radical (unpaired) electrons. The molecular formula is C18H32IN5. The molecular weight excluding hydrogens is 413 g/mol. The third-order valence-electron chi connectivity index (χ3n) is 4.26. The molecule has 1 aromatic rings. The molecule has 2 N–H and O–H groups in total. The molecule has 1 heterocycles. The zero-order valence-corrected chi connectivity index (χ0v) is 17.5. The van der Waals surface area contributed by atoms with E-state index in [4.69, 9.17) is 4.99 Å². The maximum atomic E-state index is 4.69. The van der Waals surface area contributed by atoms with Crippen LogP contribution in [0.5, 0.6) is 0 Å². The van der Waals surface area contributed by atoms with Crippen molar-refractivity contribution in [3.05, 3.63) is 30.3 Å². The van der Waals surface area contributed by atoms with Crippen molar-refractivity contribution in [1.29, 1.82) is 0 Å². The molecule has 0 spiro atoms. The highest BCUT2D eigenvalue weighted by molar-refractivity contribution is 14.0. The Bertz CT molecular complexity index is 464. The Labute approximate surface area is 163 Å². The minimum Gasteiger partial charge on any atom is -0.369 e. The second-order valence-corrected chi connectivity index (χ2v) is 5.96. The zero-order chi connectivity index (χ0) is 16.5. The summed E-state index contributed by atoms with van der Waals surface area (Å²) < 4.78 is 0. The number of anilines is 1. The van der Waals surface area contributed by atoms with Gasteiger partial charge in [0.2, 0.25) is 0 Å². The Morgan fingerprint density at radius 1 is 1.04 bits per heavy atom. The number of aliphatic imine (C=N–C) groups is 1. The molecule has 1 aromatic carbocycles. The molecule has 6 heteroatoms. The van der Waals surface area contributed by atoms with Crippen molar-refractivity contribution < 1.29 is 0 Å². The third-order valence-corrected chi connectivity index (χ3v) is 4.26. The molecule has 1 saturated heterocycles. The van der Waals surface area contributed by atoms with Crippen LogP contribution >= 0.6 is 24.0 Å². The topological polar surface area (TPSA) is 42.9 Å². The van der Waals surface area contributed by atoms with E-state index in [0.717, 1.165) is 51.8 Å². The molecule has 0 bridgehead atoms. The largest absolute Gasteiger partial charge is 0.369 e. The summed E-state index contributed by atoms with van der Waals surface area (Å²) in [5.74, 6) is 0.921. The molecule has 1 fully saturated rings. The number of guanidine groups is 1. The van der Waals surface area contributed by atoms with Gasteiger partial charge in [-0.1, -0.05) is 18.2 Å². The van der Waals surface area contributed by atoms with Crippen LogP contribution in [0, 0.1) is 0 Å². The summed E-state index contributed by atoms with van der Waals surface area (Å²) >= 11 is 0. The van der Waals surface area contributed by atoms with Crippen molar-refractivity contribution in [2.75, 3.05) is 50.7 Å². The summed E-state index contributed by atoms with van der Waals surface area (Å²) in [6, 6.07) is 11.2. The van der Waals surface area contributed by atoms with E-state index in [-0.39, 0.29) is 24.0 Å². The standard InChI is InChI=1S/C18H31N5.HI/c1-4-19-18(20-5-2)21-15-16(3)22-11-13-23(14-12-22)17-9-7-6-8-10-17;/h6-10,16H,4-5,11-15H2,1-3H3,(H2,19,20,21);1H. The Hall–Kier alpha value is -1.02. The van der Waals surface area contributed by atoms with Crippen LogP contribution in [0.1, 0.15) is 20.8 Å². The summed E-state index contributed by atoms with van der Waals surface area (Å²) in [6.45, 7) is 13.5. The van der Waals surface area contributed by atoms with Gasteiger partial charge in [0.25, 0.3) is 0 Å². The minimum absolute atomic E-state index is 0. The lowest BCUT2D eigenvalue weighted by molar-refractivity contribution is 0.201. The fourth-order valence-electron chi connectivity index (χ4n) is 2.91. The average Bonchev–Trinajstić information content (AvgIpc) is 2.61. The van der Waals surface area contributed by atoms with Crippen molar-refractivity contribution in [1.82, 2.24) is 15.5 Å². The molecule has 1 unspecified atom stereocenters. The molecule has 1 aliphatic rings. The first-order valence-corrected chi connectivity index (χ1v) is 8.80. The van der Waals surface area contributed by atoms with Crippen LogP contribution in [0.4, 0.5) is 5.69 Å². The average molecular weight is 445 g/mol. The number of rotatable bonds is 6. The normalized spacial score (nSPS) is 16.0. The van der Waals surface area contributed by atoms with Crippen LogP contribution in [0.2, 0.25) is 0 Å². The lowest BCUT2D eigenvalue weighted by Gasteiger charge is -2.38. The summed E-state index contributed by atoms with van der Waals surface area (Å²) in [6.07, 6.45) is 0. The predicted molar refractivity (Wildman–Crippen MR) is 115 cm³/mol. The fraction of sp³-hybridized carbons (Fsp3) is 0.611. The highest BCUT2D eigenvalue weighted by Crippen LogP contribution is 2.16. The molecule has 0 saturated carbocycles. The highest BCUT2D eigenvalue weighted by atomic mass is 127. The van der Waals surface area contributed by atoms with Crippen LogP contribution in [0.15, 0.2) is 35.3 Å². The molecule has 24 heavy (non-hydrogen) atoms. The van der Waals surface area contributed by atoms with Gasteiger partial charge in [0.05, 0.1) is 6.54 Å². The SMILES string of the molecule is CCNC(=NCC(C)N1CCN(c2ccccc2)CC1)NCC.I. The van der Waals surface area contributed by atoms with Crippen molar-refractivity contribution in [3.63, 3.8) is 0 Å². The van der Waals surface area contributed by atoms with Gasteiger partial charge < -0.3 is 15.5 Å². The Kier molecular flexibility index (Phi) is 10.1. The minimum atomic E-state index is 0. The summed E-state index contributed by atoms with van der Waals surface area (Å²) in [5, 5.41) is 6.57. The first-order valence-electron chi connectivity index (χ1n) is 8.80. The summed E-state index contributed by atoms with van der Waals surface area (Å²) in [7, 11) is 0. The van der Waals surface area contributed by atoms with Crippen LogP contribution in [0.3, 0.4) is 0 Å². The van der Waals surface area contributed by atoms with Gasteiger partial charge in [0, 0.05) is 51.0 Å². The number of para-hydroxylation sites is 1. The Balaban J connectivity index is 0.00000288. The quantitative estimate of drug-likeness (QED) is 0.401. The maximum Gasteiger partial charge on any atom is 0.191 e. The summed E-state index contributed by atoms with van der Waals surface area (Å²) in [4.78, 5) is 9.70. The van der Waals surface area contributed by atoms with Crippen molar-refractivity contribution in [3.8, 4) is 0 Å². The highest BCUT2D eigenvalue weighted by Gasteiger charge is 2.21. The second-order valence-electron chi connectivity index (χ2n) is 5.96. The van der Waals surface area contributed by atoms with Crippen LogP contribution < -0.4 is 15.5 Å². The number of nitrogens with one attached hydrogen (secondary N) is 2. The predicted octanol–water partition coefficient (Wildman–Crippen LogP) is 2.39. The third kappa shape index (κ3) is 6.47. The first kappa shape index (κ1) is 21.0. The molecule has 5 nitrogen and oxygen atoms in total. The van der Waals surface area contributed by atoms with Crippen LogP contribution in [-0.4, -0.2) is 62.7 Å². The van der Waals surface area contributed by atoms with Crippen LogP contribution in [-0.2, 0) is 0 Å².